The standard InChI is InChI=1S/C63H113N11O13/c1-25-27-28-40(15)52(76)51-56(80)66-43(26-2)58(82)72(22)48(33-75)61(85)68(18)45(30-35(5)6)55(79)67-49(38(11)12)62(86)69(19)44(29-34(3)4)54(78)64-41(16)53(77)65-42(17)57(81)70(20)46(31-36(7)8)59(83)71(21)47(32-37(9)10)60(84)73(23)50(39(13)14)63(87)74(51)24/h25,27,34-52,75-76H,26,28-33H2,1-24H3,(H,64,78)(H,65,77)(H,66,80)(H,67,79)/b27-25+/t40-,41+,42-,43+,44+,45+,46+,47+,48?,49+,50+,51+,52-/m1/s1. The minimum atomic E-state index is -1.67. The molecule has 1 aliphatic rings. The molecule has 0 radical (unpaired) electrons. The second-order valence-corrected chi connectivity index (χ2v) is 26.5. The molecular weight excluding hydrogens is 1120 g/mol. The van der Waals surface area contributed by atoms with E-state index in [0.29, 0.717) is 0 Å². The first kappa shape index (κ1) is 78.8. The number of hydrogen-bond donors (Lipinski definition) is 6. The van der Waals surface area contributed by atoms with Crippen molar-refractivity contribution in [2.24, 2.45) is 41.4 Å². The molecule has 498 valence electrons. The number of allylic oxidation sites excluding steroid dienone is 2. The van der Waals surface area contributed by atoms with Crippen LogP contribution in [0.15, 0.2) is 12.2 Å². The topological polar surface area (TPSA) is 299 Å². The van der Waals surface area contributed by atoms with Crippen LogP contribution in [0.25, 0.3) is 0 Å². The van der Waals surface area contributed by atoms with E-state index in [1.807, 2.05) is 55.4 Å². The Hall–Kier alpha value is -6.17. The fourth-order valence-electron chi connectivity index (χ4n) is 11.0. The van der Waals surface area contributed by atoms with E-state index in [9.17, 15) is 53.4 Å². The van der Waals surface area contributed by atoms with E-state index in [2.05, 4.69) is 21.3 Å². The summed E-state index contributed by atoms with van der Waals surface area (Å²) in [7, 11) is 9.64. The highest BCUT2D eigenvalue weighted by Crippen LogP contribution is 2.26. The minimum absolute atomic E-state index is 0.0623. The van der Waals surface area contributed by atoms with Gasteiger partial charge < -0.3 is 65.8 Å². The normalized spacial score (nSPS) is 27.4. The number of carbonyl (C=O) groups is 11. The Labute approximate surface area is 520 Å². The van der Waals surface area contributed by atoms with E-state index < -0.39 is 162 Å². The van der Waals surface area contributed by atoms with Crippen LogP contribution in [-0.4, -0.2) is 238 Å². The predicted octanol–water partition coefficient (Wildman–Crippen LogP) is 2.63. The maximum Gasteiger partial charge on any atom is 0.248 e. The molecule has 13 atom stereocenters. The minimum Gasteiger partial charge on any atom is -0.394 e. The summed E-state index contributed by atoms with van der Waals surface area (Å²) in [5.74, 6) is -10.6. The summed E-state index contributed by atoms with van der Waals surface area (Å²) in [6.45, 7) is 28.6. The first-order valence-corrected chi connectivity index (χ1v) is 31.2. The number of nitrogens with one attached hydrogen (secondary N) is 4. The van der Waals surface area contributed by atoms with Gasteiger partial charge in [-0.1, -0.05) is 109 Å². The summed E-state index contributed by atoms with van der Waals surface area (Å²) < 4.78 is 0. The highest BCUT2D eigenvalue weighted by molar-refractivity contribution is 6.00. The number of amides is 11. The Bertz CT molecular complexity index is 2380. The Morgan fingerprint density at radius 1 is 0.425 bits per heavy atom. The van der Waals surface area contributed by atoms with E-state index in [1.165, 1.54) is 82.8 Å². The molecule has 87 heavy (non-hydrogen) atoms. The molecule has 1 fully saturated rings. The van der Waals surface area contributed by atoms with Crippen molar-refractivity contribution in [1.29, 1.82) is 0 Å². The third-order valence-corrected chi connectivity index (χ3v) is 16.6. The van der Waals surface area contributed by atoms with Gasteiger partial charge in [-0.15, -0.1) is 0 Å². The lowest BCUT2D eigenvalue weighted by atomic mass is 9.91. The van der Waals surface area contributed by atoms with Gasteiger partial charge in [0.05, 0.1) is 12.7 Å². The fourth-order valence-corrected chi connectivity index (χ4v) is 11.0. The van der Waals surface area contributed by atoms with Gasteiger partial charge in [0.2, 0.25) is 65.0 Å². The largest absolute Gasteiger partial charge is 0.394 e. The molecule has 0 spiro atoms. The van der Waals surface area contributed by atoms with Gasteiger partial charge >= 0.3 is 0 Å². The van der Waals surface area contributed by atoms with Crippen LogP contribution in [0, 0.1) is 41.4 Å². The third-order valence-electron chi connectivity index (χ3n) is 16.6. The molecule has 0 bridgehead atoms. The average Bonchev–Trinajstić information content (AvgIpc) is 1.23. The zero-order chi connectivity index (χ0) is 67.6. The van der Waals surface area contributed by atoms with Crippen molar-refractivity contribution in [1.82, 2.24) is 55.6 Å². The molecule has 0 aromatic rings. The van der Waals surface area contributed by atoms with Gasteiger partial charge in [-0.05, 0) is 101 Å². The lowest BCUT2D eigenvalue weighted by Gasteiger charge is -2.41. The summed E-state index contributed by atoms with van der Waals surface area (Å²) in [5, 5.41) is 33.9. The molecular formula is C63H113N11O13. The zero-order valence-corrected chi connectivity index (χ0v) is 57.1. The molecule has 11 amide bonds. The van der Waals surface area contributed by atoms with E-state index in [1.54, 1.807) is 60.6 Å². The summed E-state index contributed by atoms with van der Waals surface area (Å²) in [4.78, 5) is 169. The molecule has 0 aromatic heterocycles. The number of hydrogen-bond acceptors (Lipinski definition) is 13. The highest BCUT2D eigenvalue weighted by Gasteiger charge is 2.46. The van der Waals surface area contributed by atoms with Crippen molar-refractivity contribution >= 4 is 65.0 Å². The molecule has 0 saturated carbocycles. The van der Waals surface area contributed by atoms with Gasteiger partial charge in [0, 0.05) is 49.3 Å². The number of rotatable bonds is 16. The molecule has 1 saturated heterocycles. The number of carbonyl (C=O) groups excluding carboxylic acids is 11. The van der Waals surface area contributed by atoms with Gasteiger partial charge in [0.1, 0.15) is 66.5 Å². The maximum atomic E-state index is 15.2. The van der Waals surface area contributed by atoms with Crippen LogP contribution in [-0.2, 0) is 52.7 Å². The Morgan fingerprint density at radius 3 is 1.23 bits per heavy atom. The number of likely N-dealkylation sites (N-methyl/N-ethyl adjacent to an activating group) is 7. The second kappa shape index (κ2) is 35.7. The van der Waals surface area contributed by atoms with E-state index in [4.69, 9.17) is 0 Å². The Balaban J connectivity index is 4.41. The first-order chi connectivity index (χ1) is 40.2. The zero-order valence-electron chi connectivity index (χ0n) is 57.1. The van der Waals surface area contributed by atoms with Crippen molar-refractivity contribution < 1.29 is 63.0 Å². The van der Waals surface area contributed by atoms with Crippen LogP contribution in [0.2, 0.25) is 0 Å². The second-order valence-electron chi connectivity index (χ2n) is 26.5. The number of nitrogens with zero attached hydrogens (tertiary/aromatic N) is 7. The van der Waals surface area contributed by atoms with Crippen molar-refractivity contribution in [2.45, 2.75) is 229 Å². The molecule has 0 aromatic carbocycles. The third kappa shape index (κ3) is 21.5. The van der Waals surface area contributed by atoms with Crippen molar-refractivity contribution in [3.8, 4) is 0 Å². The van der Waals surface area contributed by atoms with Gasteiger partial charge in [-0.25, -0.2) is 0 Å². The Kier molecular flexibility index (Phi) is 32.4. The summed E-state index contributed by atoms with van der Waals surface area (Å²) in [5.41, 5.74) is 0. The SMILES string of the molecule is C/C=C/C[C@@H](C)[C@@H](O)[C@H]1C(=O)N[C@@H](CC)C(=O)N(C)C(CO)C(=O)N(C)[C@@H](CC(C)C)C(=O)N[C@@H](C(C)C)C(=O)N(C)[C@@H](CC(C)C)C(=O)N[C@@H](C)C(=O)N[C@H](C)C(=O)N(C)[C@@H](CC(C)C)C(=O)N(C)[C@@H](CC(C)C)C(=O)N(C)[C@@H](C(C)C)C(=O)N1C. The molecule has 1 rings (SSSR count). The molecule has 1 aliphatic heterocycles. The van der Waals surface area contributed by atoms with Crippen LogP contribution in [0.3, 0.4) is 0 Å². The lowest BCUT2D eigenvalue weighted by Crippen LogP contribution is -2.64. The monoisotopic (exact) mass is 1230 g/mol. The summed E-state index contributed by atoms with van der Waals surface area (Å²) in [6, 6.07) is -14.4. The highest BCUT2D eigenvalue weighted by atomic mass is 16.3. The van der Waals surface area contributed by atoms with Crippen LogP contribution in [0.5, 0.6) is 0 Å². The van der Waals surface area contributed by atoms with Crippen molar-refractivity contribution in [3.63, 3.8) is 0 Å². The molecule has 0 aliphatic carbocycles. The average molecular weight is 1230 g/mol. The van der Waals surface area contributed by atoms with E-state index in [-0.39, 0.29) is 62.2 Å². The quantitative estimate of drug-likeness (QED) is 0.121. The maximum absolute atomic E-state index is 15.2. The molecule has 1 heterocycles. The first-order valence-electron chi connectivity index (χ1n) is 31.2. The fraction of sp³-hybridized carbons (Fsp3) is 0.794. The lowest BCUT2D eigenvalue weighted by molar-refractivity contribution is -0.157. The van der Waals surface area contributed by atoms with E-state index in [0.717, 1.165) is 14.7 Å². The Morgan fingerprint density at radius 2 is 0.805 bits per heavy atom. The summed E-state index contributed by atoms with van der Waals surface area (Å²) >= 11 is 0. The number of aliphatic hydroxyl groups excluding tert-OH is 2. The van der Waals surface area contributed by atoms with Crippen LogP contribution >= 0.6 is 0 Å². The predicted molar refractivity (Wildman–Crippen MR) is 334 cm³/mol. The smallest absolute Gasteiger partial charge is 0.248 e. The van der Waals surface area contributed by atoms with Gasteiger partial charge in [0.15, 0.2) is 0 Å². The molecule has 6 N–H and O–H groups in total. The number of aliphatic hydroxyl groups is 2. The molecule has 1 unspecified atom stereocenters. The van der Waals surface area contributed by atoms with Gasteiger partial charge in [-0.2, -0.15) is 0 Å². The van der Waals surface area contributed by atoms with Crippen molar-refractivity contribution in [3.05, 3.63) is 12.2 Å². The van der Waals surface area contributed by atoms with Gasteiger partial charge in [-0.3, -0.25) is 52.7 Å². The van der Waals surface area contributed by atoms with E-state index >= 15 is 9.59 Å². The van der Waals surface area contributed by atoms with Crippen LogP contribution in [0.4, 0.5) is 0 Å². The van der Waals surface area contributed by atoms with Crippen LogP contribution in [0.1, 0.15) is 156 Å². The van der Waals surface area contributed by atoms with Crippen molar-refractivity contribution in [2.75, 3.05) is 55.9 Å². The summed E-state index contributed by atoms with van der Waals surface area (Å²) in [6.07, 6.45) is 2.71. The molecule has 24 nitrogen and oxygen atoms in total. The van der Waals surface area contributed by atoms with Crippen LogP contribution < -0.4 is 21.3 Å². The molecule has 24 heteroatoms. The van der Waals surface area contributed by atoms with Gasteiger partial charge in [0.25, 0.3) is 0 Å².